The summed E-state index contributed by atoms with van der Waals surface area (Å²) in [6.07, 6.45) is -2.79. The lowest BCUT2D eigenvalue weighted by Crippen LogP contribution is -1.95. The fourth-order valence-corrected chi connectivity index (χ4v) is 1.60. The van der Waals surface area contributed by atoms with E-state index in [0.29, 0.717) is 11.4 Å². The molecule has 0 bridgehead atoms. The van der Waals surface area contributed by atoms with Crippen LogP contribution in [0.4, 0.5) is 8.78 Å². The number of rotatable bonds is 4. The highest BCUT2D eigenvalue weighted by atomic mass is 79.9. The topological polar surface area (TPSA) is 61.0 Å². The van der Waals surface area contributed by atoms with E-state index in [0.717, 1.165) is 4.47 Å². The van der Waals surface area contributed by atoms with E-state index in [9.17, 15) is 8.78 Å². The van der Waals surface area contributed by atoms with Crippen molar-refractivity contribution in [1.29, 1.82) is 0 Å². The number of pyridine rings is 1. The SMILES string of the molecule is COCc1nc(-c2nnc(C(F)F)o2)ccc1Br. The van der Waals surface area contributed by atoms with E-state index in [-0.39, 0.29) is 12.5 Å². The largest absolute Gasteiger partial charge is 0.414 e. The van der Waals surface area contributed by atoms with E-state index < -0.39 is 12.3 Å². The predicted octanol–water partition coefficient (Wildman–Crippen LogP) is 2.98. The predicted molar refractivity (Wildman–Crippen MR) is 60.9 cm³/mol. The van der Waals surface area contributed by atoms with Gasteiger partial charge in [0.05, 0.1) is 12.3 Å². The highest BCUT2D eigenvalue weighted by Gasteiger charge is 2.18. The molecule has 96 valence electrons. The van der Waals surface area contributed by atoms with E-state index in [1.807, 2.05) is 0 Å². The molecule has 5 nitrogen and oxygen atoms in total. The van der Waals surface area contributed by atoms with E-state index in [1.165, 1.54) is 7.11 Å². The van der Waals surface area contributed by atoms with Crippen molar-refractivity contribution < 1.29 is 17.9 Å². The first-order valence-corrected chi connectivity index (χ1v) is 5.67. The normalized spacial score (nSPS) is 11.2. The summed E-state index contributed by atoms with van der Waals surface area (Å²) in [5.41, 5.74) is 0.941. The molecule has 0 saturated heterocycles. The van der Waals surface area contributed by atoms with Crippen molar-refractivity contribution >= 4 is 15.9 Å². The molecule has 2 rings (SSSR count). The van der Waals surface area contributed by atoms with Crippen LogP contribution in [0, 0.1) is 0 Å². The number of hydrogen-bond acceptors (Lipinski definition) is 5. The second-order valence-corrected chi connectivity index (χ2v) is 4.16. The Labute approximate surface area is 109 Å². The second kappa shape index (κ2) is 5.49. The zero-order chi connectivity index (χ0) is 13.1. The van der Waals surface area contributed by atoms with Gasteiger partial charge in [0.1, 0.15) is 5.69 Å². The lowest BCUT2D eigenvalue weighted by atomic mass is 10.3. The Hall–Kier alpha value is -1.41. The van der Waals surface area contributed by atoms with Gasteiger partial charge in [-0.25, -0.2) is 4.98 Å². The van der Waals surface area contributed by atoms with Gasteiger partial charge < -0.3 is 9.15 Å². The molecule has 0 fully saturated rings. The van der Waals surface area contributed by atoms with Crippen molar-refractivity contribution in [1.82, 2.24) is 15.2 Å². The number of ether oxygens (including phenoxy) is 1. The van der Waals surface area contributed by atoms with Crippen LogP contribution in [0.1, 0.15) is 18.0 Å². The monoisotopic (exact) mass is 319 g/mol. The third-order valence-electron chi connectivity index (χ3n) is 2.05. The van der Waals surface area contributed by atoms with Crippen molar-refractivity contribution in [3.8, 4) is 11.6 Å². The van der Waals surface area contributed by atoms with E-state index in [2.05, 4.69) is 31.1 Å². The molecular formula is C10H8BrF2N3O2. The molecule has 0 aliphatic heterocycles. The van der Waals surface area contributed by atoms with Gasteiger partial charge in [-0.1, -0.05) is 0 Å². The zero-order valence-corrected chi connectivity index (χ0v) is 10.8. The van der Waals surface area contributed by atoms with Gasteiger partial charge in [-0.2, -0.15) is 8.78 Å². The Bertz CT molecular complexity index is 548. The van der Waals surface area contributed by atoms with Crippen LogP contribution in [0.25, 0.3) is 11.6 Å². The standard InChI is InChI=1S/C10H8BrF2N3O2/c1-17-4-7-5(11)2-3-6(14-7)9-15-16-10(18-9)8(12)13/h2-3,8H,4H2,1H3. The molecule has 0 aliphatic rings. The third-order valence-corrected chi connectivity index (χ3v) is 2.77. The summed E-state index contributed by atoms with van der Waals surface area (Å²) < 4.78 is 35.2. The molecule has 0 unspecified atom stereocenters. The quantitative estimate of drug-likeness (QED) is 0.867. The minimum Gasteiger partial charge on any atom is -0.414 e. The Kier molecular flexibility index (Phi) is 3.97. The maximum atomic E-state index is 12.3. The van der Waals surface area contributed by atoms with Crippen molar-refractivity contribution in [2.45, 2.75) is 13.0 Å². The van der Waals surface area contributed by atoms with Crippen LogP contribution in [0.5, 0.6) is 0 Å². The van der Waals surface area contributed by atoms with Crippen LogP contribution in [0.2, 0.25) is 0 Å². The van der Waals surface area contributed by atoms with Crippen molar-refractivity contribution in [3.63, 3.8) is 0 Å². The summed E-state index contributed by atoms with van der Waals surface area (Å²) in [7, 11) is 1.53. The summed E-state index contributed by atoms with van der Waals surface area (Å²) in [5.74, 6) is -0.766. The van der Waals surface area contributed by atoms with Crippen molar-refractivity contribution in [2.24, 2.45) is 0 Å². The first-order chi connectivity index (χ1) is 8.61. The lowest BCUT2D eigenvalue weighted by molar-refractivity contribution is 0.116. The summed E-state index contributed by atoms with van der Waals surface area (Å²) in [6, 6.07) is 3.30. The molecular weight excluding hydrogens is 312 g/mol. The maximum Gasteiger partial charge on any atom is 0.314 e. The van der Waals surface area contributed by atoms with Crippen LogP contribution >= 0.6 is 15.9 Å². The van der Waals surface area contributed by atoms with Gasteiger partial charge in [-0.15, -0.1) is 10.2 Å². The number of nitrogens with zero attached hydrogens (tertiary/aromatic N) is 3. The van der Waals surface area contributed by atoms with Gasteiger partial charge in [0.15, 0.2) is 0 Å². The number of aromatic nitrogens is 3. The van der Waals surface area contributed by atoms with E-state index in [1.54, 1.807) is 12.1 Å². The molecule has 0 aromatic carbocycles. The molecule has 8 heteroatoms. The number of hydrogen-bond donors (Lipinski definition) is 0. The fourth-order valence-electron chi connectivity index (χ4n) is 1.27. The fraction of sp³-hybridized carbons (Fsp3) is 0.300. The second-order valence-electron chi connectivity index (χ2n) is 3.30. The number of methoxy groups -OCH3 is 1. The first kappa shape index (κ1) is 13.0. The average molecular weight is 320 g/mol. The summed E-state index contributed by atoms with van der Waals surface area (Å²) in [6.45, 7) is 0.282. The van der Waals surface area contributed by atoms with Gasteiger partial charge in [-0.3, -0.25) is 0 Å². The highest BCUT2D eigenvalue weighted by molar-refractivity contribution is 9.10. The van der Waals surface area contributed by atoms with Gasteiger partial charge >= 0.3 is 6.43 Å². The van der Waals surface area contributed by atoms with Crippen LogP contribution < -0.4 is 0 Å². The molecule has 0 atom stereocenters. The van der Waals surface area contributed by atoms with Gasteiger partial charge in [-0.05, 0) is 28.1 Å². The van der Waals surface area contributed by atoms with E-state index in [4.69, 9.17) is 9.15 Å². The molecule has 18 heavy (non-hydrogen) atoms. The zero-order valence-electron chi connectivity index (χ0n) is 9.23. The third kappa shape index (κ3) is 2.70. The summed E-state index contributed by atoms with van der Waals surface area (Å²) in [5, 5.41) is 6.76. The minimum atomic E-state index is -2.79. The smallest absolute Gasteiger partial charge is 0.314 e. The maximum absolute atomic E-state index is 12.3. The number of alkyl halides is 2. The van der Waals surface area contributed by atoms with Gasteiger partial charge in [0, 0.05) is 11.6 Å². The van der Waals surface area contributed by atoms with Crippen molar-refractivity contribution in [2.75, 3.05) is 7.11 Å². The number of halogens is 3. The highest BCUT2D eigenvalue weighted by Crippen LogP contribution is 2.24. The minimum absolute atomic E-state index is 0.0462. The lowest BCUT2D eigenvalue weighted by Gasteiger charge is -2.03. The Morgan fingerprint density at radius 3 is 2.78 bits per heavy atom. The Balaban J connectivity index is 2.34. The van der Waals surface area contributed by atoms with Gasteiger partial charge in [0.2, 0.25) is 0 Å². The van der Waals surface area contributed by atoms with Crippen LogP contribution in [0.15, 0.2) is 21.0 Å². The Morgan fingerprint density at radius 2 is 2.17 bits per heavy atom. The van der Waals surface area contributed by atoms with Crippen LogP contribution in [-0.2, 0) is 11.3 Å². The van der Waals surface area contributed by atoms with Gasteiger partial charge in [0.25, 0.3) is 11.8 Å². The molecule has 2 aromatic rings. The molecule has 2 heterocycles. The Morgan fingerprint density at radius 1 is 1.39 bits per heavy atom. The molecule has 0 spiro atoms. The summed E-state index contributed by atoms with van der Waals surface area (Å²) in [4.78, 5) is 4.19. The first-order valence-electron chi connectivity index (χ1n) is 4.88. The molecule has 2 aromatic heterocycles. The molecule has 0 N–H and O–H groups in total. The van der Waals surface area contributed by atoms with Crippen molar-refractivity contribution in [3.05, 3.63) is 28.2 Å². The summed E-state index contributed by atoms with van der Waals surface area (Å²) >= 11 is 3.30. The average Bonchev–Trinajstić information content (AvgIpc) is 2.82. The molecule has 0 radical (unpaired) electrons. The van der Waals surface area contributed by atoms with E-state index >= 15 is 0 Å². The van der Waals surface area contributed by atoms with Crippen LogP contribution in [-0.4, -0.2) is 22.3 Å². The molecule has 0 saturated carbocycles. The molecule has 0 aliphatic carbocycles. The molecule has 0 amide bonds. The van der Waals surface area contributed by atoms with Crippen LogP contribution in [0.3, 0.4) is 0 Å².